The number of unbranched alkanes of at least 4 members (excludes halogenated alkanes) is 6. The highest BCUT2D eigenvalue weighted by atomic mass is 16.4. The third kappa shape index (κ3) is 9.11. The lowest BCUT2D eigenvalue weighted by molar-refractivity contribution is -0.132. The molecule has 3 heteroatoms. The summed E-state index contributed by atoms with van der Waals surface area (Å²) in [5.74, 6) is -1.83. The highest BCUT2D eigenvalue weighted by Gasteiger charge is 2.15. The number of rotatable bonds is 9. The molecule has 3 nitrogen and oxygen atoms in total. The third-order valence-electron chi connectivity index (χ3n) is 3.28. The van der Waals surface area contributed by atoms with Crippen LogP contribution in [-0.2, 0) is 4.79 Å². The van der Waals surface area contributed by atoms with Crippen LogP contribution in [0.25, 0.3) is 0 Å². The Morgan fingerprint density at radius 1 is 0.909 bits per heavy atom. The Hall–Kier alpha value is -1.90. The molecule has 0 aliphatic heterocycles. The van der Waals surface area contributed by atoms with Gasteiger partial charge >= 0.3 is 5.97 Å². The van der Waals surface area contributed by atoms with Crippen LogP contribution in [0, 0.1) is 0 Å². The molecule has 22 heavy (non-hydrogen) atoms. The topological polar surface area (TPSA) is 54.4 Å². The fraction of sp³-hybridized carbons (Fsp3) is 0.474. The maximum Gasteiger partial charge on any atom is 0.339 e. The summed E-state index contributed by atoms with van der Waals surface area (Å²) in [5.41, 5.74) is -0.0684. The average Bonchev–Trinajstić information content (AvgIpc) is 2.54. The molecule has 0 aliphatic rings. The monoisotopic (exact) mass is 304 g/mol. The van der Waals surface area contributed by atoms with Crippen LogP contribution in [0.1, 0.15) is 69.2 Å². The minimum atomic E-state index is -1.28. The lowest BCUT2D eigenvalue weighted by Crippen LogP contribution is -2.10. The van der Waals surface area contributed by atoms with Crippen molar-refractivity contribution in [1.82, 2.24) is 0 Å². The van der Waals surface area contributed by atoms with Crippen molar-refractivity contribution < 1.29 is 14.7 Å². The zero-order valence-corrected chi connectivity index (χ0v) is 13.8. The van der Waals surface area contributed by atoms with Crippen molar-refractivity contribution in [2.75, 3.05) is 0 Å². The Balaban J connectivity index is 0.000000433. The minimum Gasteiger partial charge on any atom is -0.478 e. The first-order valence-corrected chi connectivity index (χ1v) is 8.06. The summed E-state index contributed by atoms with van der Waals surface area (Å²) in [6.07, 6.45) is 9.97. The van der Waals surface area contributed by atoms with Crippen LogP contribution in [-0.4, -0.2) is 16.9 Å². The van der Waals surface area contributed by atoms with Crippen molar-refractivity contribution in [3.63, 3.8) is 0 Å². The van der Waals surface area contributed by atoms with Crippen LogP contribution in [0.3, 0.4) is 0 Å². The second-order valence-corrected chi connectivity index (χ2v) is 5.25. The number of ketones is 1. The van der Waals surface area contributed by atoms with Crippen molar-refractivity contribution in [2.24, 2.45) is 0 Å². The molecule has 0 amide bonds. The fourth-order valence-electron chi connectivity index (χ4n) is 1.89. The van der Waals surface area contributed by atoms with Gasteiger partial charge < -0.3 is 5.11 Å². The first-order chi connectivity index (χ1) is 10.5. The van der Waals surface area contributed by atoms with Crippen molar-refractivity contribution >= 4 is 11.8 Å². The number of aliphatic carboxylic acids is 1. The van der Waals surface area contributed by atoms with Gasteiger partial charge in [-0.15, -0.1) is 0 Å². The van der Waals surface area contributed by atoms with E-state index >= 15 is 0 Å². The maximum atomic E-state index is 11.3. The van der Waals surface area contributed by atoms with E-state index in [1.807, 2.05) is 0 Å². The maximum absolute atomic E-state index is 11.3. The van der Waals surface area contributed by atoms with Gasteiger partial charge in [-0.1, -0.05) is 95.7 Å². The standard InChI is InChI=1S/C10H8O3.C9H20/c1-7(10(12)13)9(11)8-5-3-2-4-6-8;1-3-5-7-9-8-6-4-2/h2-6H,1H2,(H,12,13);3-9H2,1-2H3. The van der Waals surface area contributed by atoms with Gasteiger partial charge in [0, 0.05) is 5.56 Å². The average molecular weight is 304 g/mol. The largest absolute Gasteiger partial charge is 0.478 e. The molecule has 0 fully saturated rings. The van der Waals surface area contributed by atoms with Gasteiger partial charge in [0.05, 0.1) is 0 Å². The van der Waals surface area contributed by atoms with E-state index in [-0.39, 0.29) is 0 Å². The molecule has 0 radical (unpaired) electrons. The Labute approximate surface area is 134 Å². The second-order valence-electron chi connectivity index (χ2n) is 5.25. The normalized spacial score (nSPS) is 9.55. The quantitative estimate of drug-likeness (QED) is 0.222. The van der Waals surface area contributed by atoms with Crippen LogP contribution in [0.15, 0.2) is 42.5 Å². The molecule has 0 aliphatic carbocycles. The van der Waals surface area contributed by atoms with Crippen molar-refractivity contribution in [3.05, 3.63) is 48.0 Å². The van der Waals surface area contributed by atoms with Gasteiger partial charge in [-0.05, 0) is 0 Å². The molecule has 0 saturated heterocycles. The van der Waals surface area contributed by atoms with Crippen LogP contribution < -0.4 is 0 Å². The molecule has 1 aromatic carbocycles. The van der Waals surface area contributed by atoms with E-state index in [0.29, 0.717) is 5.56 Å². The highest BCUT2D eigenvalue weighted by Crippen LogP contribution is 2.06. The van der Waals surface area contributed by atoms with Crippen LogP contribution in [0.4, 0.5) is 0 Å². The van der Waals surface area contributed by atoms with Crippen LogP contribution in [0.2, 0.25) is 0 Å². The third-order valence-corrected chi connectivity index (χ3v) is 3.28. The van der Waals surface area contributed by atoms with Gasteiger partial charge in [0.25, 0.3) is 0 Å². The summed E-state index contributed by atoms with van der Waals surface area (Å²) in [6.45, 7) is 7.71. The summed E-state index contributed by atoms with van der Waals surface area (Å²) in [7, 11) is 0. The smallest absolute Gasteiger partial charge is 0.339 e. The molecule has 1 N–H and O–H groups in total. The molecule has 0 spiro atoms. The number of benzene rings is 1. The predicted molar refractivity (Wildman–Crippen MR) is 91.2 cm³/mol. The Morgan fingerprint density at radius 2 is 1.36 bits per heavy atom. The molecule has 0 atom stereocenters. The molecule has 1 rings (SSSR count). The molecule has 0 heterocycles. The van der Waals surface area contributed by atoms with E-state index in [0.717, 1.165) is 0 Å². The zero-order chi connectivity index (χ0) is 16.8. The predicted octanol–water partition coefficient (Wildman–Crippen LogP) is 5.27. The summed E-state index contributed by atoms with van der Waals surface area (Å²) >= 11 is 0. The van der Waals surface area contributed by atoms with Gasteiger partial charge in [-0.2, -0.15) is 0 Å². The van der Waals surface area contributed by atoms with Gasteiger partial charge in [0.1, 0.15) is 5.57 Å². The second kappa shape index (κ2) is 12.8. The summed E-state index contributed by atoms with van der Waals surface area (Å²) in [5, 5.41) is 8.49. The lowest BCUT2D eigenvalue weighted by Gasteiger charge is -1.98. The van der Waals surface area contributed by atoms with Crippen molar-refractivity contribution in [1.29, 1.82) is 0 Å². The lowest BCUT2D eigenvalue weighted by atomic mass is 10.1. The van der Waals surface area contributed by atoms with Crippen LogP contribution >= 0.6 is 0 Å². The SMILES string of the molecule is C=C(C(=O)O)C(=O)c1ccccc1.CCCCCCCCC. The number of hydrogen-bond donors (Lipinski definition) is 1. The van der Waals surface area contributed by atoms with Gasteiger partial charge in [0.2, 0.25) is 0 Å². The van der Waals surface area contributed by atoms with Crippen molar-refractivity contribution in [3.8, 4) is 0 Å². The molecule has 122 valence electrons. The molecule has 0 aromatic heterocycles. The number of carboxylic acids is 1. The number of hydrogen-bond acceptors (Lipinski definition) is 2. The van der Waals surface area contributed by atoms with Gasteiger partial charge in [0.15, 0.2) is 5.78 Å². The number of Topliss-reactive ketones (excluding diaryl/α,β-unsaturated/α-hetero) is 1. The highest BCUT2D eigenvalue weighted by molar-refractivity contribution is 6.23. The minimum absolute atomic E-state index is 0.343. The Kier molecular flexibility index (Phi) is 11.7. The summed E-state index contributed by atoms with van der Waals surface area (Å²) < 4.78 is 0. The number of carbonyl (C=O) groups excluding carboxylic acids is 1. The fourth-order valence-corrected chi connectivity index (χ4v) is 1.89. The van der Waals surface area contributed by atoms with E-state index < -0.39 is 17.3 Å². The molecular formula is C19H28O3. The van der Waals surface area contributed by atoms with E-state index in [1.54, 1.807) is 30.3 Å². The van der Waals surface area contributed by atoms with Gasteiger partial charge in [-0.25, -0.2) is 4.79 Å². The summed E-state index contributed by atoms with van der Waals surface area (Å²) in [6, 6.07) is 8.19. The van der Waals surface area contributed by atoms with Crippen LogP contribution in [0.5, 0.6) is 0 Å². The first kappa shape index (κ1) is 20.1. The van der Waals surface area contributed by atoms with E-state index in [4.69, 9.17) is 5.11 Å². The van der Waals surface area contributed by atoms with E-state index in [9.17, 15) is 9.59 Å². The summed E-state index contributed by atoms with van der Waals surface area (Å²) in [4.78, 5) is 21.7. The molecule has 0 unspecified atom stereocenters. The molecule has 0 saturated carbocycles. The first-order valence-electron chi connectivity index (χ1n) is 8.06. The molecule has 1 aromatic rings. The van der Waals surface area contributed by atoms with E-state index in [1.165, 1.54) is 44.9 Å². The van der Waals surface area contributed by atoms with E-state index in [2.05, 4.69) is 20.4 Å². The Morgan fingerprint density at radius 3 is 1.77 bits per heavy atom. The molecule has 0 bridgehead atoms. The zero-order valence-electron chi connectivity index (χ0n) is 13.8. The number of carboxylic acid groups (broad SMARTS) is 1. The van der Waals surface area contributed by atoms with Gasteiger partial charge in [-0.3, -0.25) is 4.79 Å². The Bertz CT molecular complexity index is 443. The van der Waals surface area contributed by atoms with Crippen molar-refractivity contribution in [2.45, 2.75) is 58.8 Å². The molecular weight excluding hydrogens is 276 g/mol. The number of carbonyl (C=O) groups is 2.